The highest BCUT2D eigenvalue weighted by Gasteiger charge is 2.30. The summed E-state index contributed by atoms with van der Waals surface area (Å²) in [7, 11) is 0. The molecule has 1 aromatic rings. The highest BCUT2D eigenvalue weighted by Crippen LogP contribution is 2.31. The Morgan fingerprint density at radius 1 is 1.36 bits per heavy atom. The van der Waals surface area contributed by atoms with Crippen molar-refractivity contribution in [2.24, 2.45) is 0 Å². The third kappa shape index (κ3) is 2.87. The molecule has 78 valence electrons. The Hall–Kier alpha value is -0.260. The van der Waals surface area contributed by atoms with Crippen molar-refractivity contribution in [1.82, 2.24) is 0 Å². The second kappa shape index (κ2) is 4.51. The van der Waals surface area contributed by atoms with Gasteiger partial charge in [-0.1, -0.05) is 47.7 Å². The summed E-state index contributed by atoms with van der Waals surface area (Å²) in [6.07, 6.45) is -4.24. The van der Waals surface area contributed by atoms with Crippen LogP contribution in [0, 0.1) is 0 Å². The number of rotatable bonds is 2. The van der Waals surface area contributed by atoms with Gasteiger partial charge in [-0.05, 0) is 17.5 Å². The molecule has 1 atom stereocenters. The third-order valence-corrected chi connectivity index (χ3v) is 3.34. The lowest BCUT2D eigenvalue weighted by Gasteiger charge is -2.11. The van der Waals surface area contributed by atoms with Gasteiger partial charge in [-0.25, -0.2) is 0 Å². The molecule has 0 spiro atoms. The zero-order chi connectivity index (χ0) is 10.8. The van der Waals surface area contributed by atoms with Gasteiger partial charge < -0.3 is 0 Å². The van der Waals surface area contributed by atoms with E-state index < -0.39 is 11.7 Å². The molecule has 0 aromatic heterocycles. The van der Waals surface area contributed by atoms with Crippen LogP contribution in [-0.4, -0.2) is 4.43 Å². The smallest absolute Gasteiger partial charge is 0.166 e. The van der Waals surface area contributed by atoms with E-state index in [0.717, 1.165) is 16.1 Å². The normalized spacial score (nSPS) is 14.1. The molecule has 0 aliphatic carbocycles. The van der Waals surface area contributed by atoms with Gasteiger partial charge in [0.05, 0.1) is 5.56 Å². The molecule has 0 radical (unpaired) electrons. The maximum absolute atomic E-state index is 12.3. The Morgan fingerprint density at radius 2 is 2.00 bits per heavy atom. The van der Waals surface area contributed by atoms with E-state index in [9.17, 15) is 13.2 Å². The number of hydrogen-bond acceptors (Lipinski definition) is 0. The van der Waals surface area contributed by atoms with E-state index in [1.54, 1.807) is 6.07 Å². The Bertz CT molecular complexity index is 306. The monoisotopic (exact) mass is 314 g/mol. The Morgan fingerprint density at radius 3 is 2.50 bits per heavy atom. The standard InChI is InChI=1S/C10H10F3I/c1-7(6-14)8-3-2-4-9(5-8)10(11,12)13/h2-5,7H,6H2,1H3. The third-order valence-electron chi connectivity index (χ3n) is 2.01. The van der Waals surface area contributed by atoms with Gasteiger partial charge >= 0.3 is 6.18 Å². The van der Waals surface area contributed by atoms with Crippen molar-refractivity contribution in [1.29, 1.82) is 0 Å². The van der Waals surface area contributed by atoms with E-state index in [1.165, 1.54) is 12.1 Å². The van der Waals surface area contributed by atoms with Crippen LogP contribution in [0.2, 0.25) is 0 Å². The summed E-state index contributed by atoms with van der Waals surface area (Å²) < 4.78 is 37.8. The molecule has 0 amide bonds. The van der Waals surface area contributed by atoms with E-state index in [4.69, 9.17) is 0 Å². The van der Waals surface area contributed by atoms with Gasteiger partial charge in [-0.3, -0.25) is 0 Å². The molecule has 0 fully saturated rings. The van der Waals surface area contributed by atoms with E-state index in [-0.39, 0.29) is 5.92 Å². The summed E-state index contributed by atoms with van der Waals surface area (Å²) in [4.78, 5) is 0. The topological polar surface area (TPSA) is 0 Å². The summed E-state index contributed by atoms with van der Waals surface area (Å²) >= 11 is 2.17. The molecule has 0 aliphatic heterocycles. The maximum atomic E-state index is 12.3. The lowest BCUT2D eigenvalue weighted by atomic mass is 10.0. The molecule has 0 heterocycles. The molecule has 1 unspecified atom stereocenters. The first-order valence-electron chi connectivity index (χ1n) is 4.18. The zero-order valence-corrected chi connectivity index (χ0v) is 9.76. The molecule has 0 saturated heterocycles. The number of hydrogen-bond donors (Lipinski definition) is 0. The van der Waals surface area contributed by atoms with Crippen LogP contribution in [0.25, 0.3) is 0 Å². The average Bonchev–Trinajstić information content (AvgIpc) is 2.15. The first-order valence-corrected chi connectivity index (χ1v) is 5.71. The van der Waals surface area contributed by atoms with Gasteiger partial charge in [-0.15, -0.1) is 0 Å². The lowest BCUT2D eigenvalue weighted by molar-refractivity contribution is -0.137. The van der Waals surface area contributed by atoms with Crippen molar-refractivity contribution in [3.05, 3.63) is 35.4 Å². The predicted octanol–water partition coefficient (Wildman–Crippen LogP) is 4.24. The molecule has 1 aromatic carbocycles. The van der Waals surface area contributed by atoms with Gasteiger partial charge in [0.15, 0.2) is 0 Å². The van der Waals surface area contributed by atoms with Crippen molar-refractivity contribution < 1.29 is 13.2 Å². The minimum absolute atomic E-state index is 0.165. The fourth-order valence-electron chi connectivity index (χ4n) is 1.11. The van der Waals surface area contributed by atoms with E-state index in [0.29, 0.717) is 0 Å². The number of alkyl halides is 4. The predicted molar refractivity (Wildman–Crippen MR) is 58.7 cm³/mol. The van der Waals surface area contributed by atoms with Crippen LogP contribution in [0.3, 0.4) is 0 Å². The maximum Gasteiger partial charge on any atom is 0.416 e. The van der Waals surface area contributed by atoms with Crippen molar-refractivity contribution in [2.75, 3.05) is 4.43 Å². The fraction of sp³-hybridized carbons (Fsp3) is 0.400. The van der Waals surface area contributed by atoms with Gasteiger partial charge in [0.2, 0.25) is 0 Å². The minimum Gasteiger partial charge on any atom is -0.166 e. The summed E-state index contributed by atoms with van der Waals surface area (Å²) in [6.45, 7) is 1.92. The Balaban J connectivity index is 3.01. The minimum atomic E-state index is -4.24. The van der Waals surface area contributed by atoms with Gasteiger partial charge in [0, 0.05) is 4.43 Å². The summed E-state index contributed by atoms with van der Waals surface area (Å²) in [5.41, 5.74) is 0.181. The van der Waals surface area contributed by atoms with Crippen molar-refractivity contribution >= 4 is 22.6 Å². The molecule has 0 aliphatic rings. The summed E-state index contributed by atoms with van der Waals surface area (Å²) in [5.74, 6) is 0.165. The average molecular weight is 314 g/mol. The SMILES string of the molecule is CC(CI)c1cccc(C(F)(F)F)c1. The first-order chi connectivity index (χ1) is 6.45. The Labute approximate surface area is 94.6 Å². The van der Waals surface area contributed by atoms with Gasteiger partial charge in [-0.2, -0.15) is 13.2 Å². The first kappa shape index (κ1) is 11.8. The number of halogens is 4. The number of benzene rings is 1. The fourth-order valence-corrected chi connectivity index (χ4v) is 1.62. The molecule has 4 heteroatoms. The molecule has 0 bridgehead atoms. The molecular weight excluding hydrogens is 304 g/mol. The van der Waals surface area contributed by atoms with Crippen molar-refractivity contribution in [3.8, 4) is 0 Å². The van der Waals surface area contributed by atoms with Crippen LogP contribution in [-0.2, 0) is 6.18 Å². The zero-order valence-electron chi connectivity index (χ0n) is 7.61. The van der Waals surface area contributed by atoms with Crippen LogP contribution in [0.4, 0.5) is 13.2 Å². The second-order valence-corrected chi connectivity index (χ2v) is 4.06. The molecule has 0 nitrogen and oxygen atoms in total. The van der Waals surface area contributed by atoms with Crippen LogP contribution < -0.4 is 0 Å². The van der Waals surface area contributed by atoms with Crippen LogP contribution >= 0.6 is 22.6 Å². The van der Waals surface area contributed by atoms with Gasteiger partial charge in [0.1, 0.15) is 0 Å². The molecular formula is C10H10F3I. The Kier molecular flexibility index (Phi) is 3.80. The van der Waals surface area contributed by atoms with Crippen molar-refractivity contribution in [2.45, 2.75) is 19.0 Å². The van der Waals surface area contributed by atoms with Gasteiger partial charge in [0.25, 0.3) is 0 Å². The molecule has 14 heavy (non-hydrogen) atoms. The van der Waals surface area contributed by atoms with Crippen molar-refractivity contribution in [3.63, 3.8) is 0 Å². The highest BCUT2D eigenvalue weighted by molar-refractivity contribution is 14.1. The van der Waals surface area contributed by atoms with Crippen LogP contribution in [0.1, 0.15) is 24.0 Å². The largest absolute Gasteiger partial charge is 0.416 e. The van der Waals surface area contributed by atoms with E-state index >= 15 is 0 Å². The second-order valence-electron chi connectivity index (χ2n) is 3.18. The van der Waals surface area contributed by atoms with Crippen LogP contribution in [0.5, 0.6) is 0 Å². The van der Waals surface area contributed by atoms with E-state index in [2.05, 4.69) is 22.6 Å². The highest BCUT2D eigenvalue weighted by atomic mass is 127. The quantitative estimate of drug-likeness (QED) is 0.566. The summed E-state index contributed by atoms with van der Waals surface area (Å²) in [5, 5.41) is 0. The lowest BCUT2D eigenvalue weighted by Crippen LogP contribution is -2.06. The molecule has 1 rings (SSSR count). The molecule has 0 N–H and O–H groups in total. The van der Waals surface area contributed by atoms with Crippen LogP contribution in [0.15, 0.2) is 24.3 Å². The summed E-state index contributed by atoms with van der Waals surface area (Å²) in [6, 6.07) is 5.52. The molecule has 0 saturated carbocycles. The van der Waals surface area contributed by atoms with E-state index in [1.807, 2.05) is 6.92 Å².